The number of amides is 1. The van der Waals surface area contributed by atoms with E-state index in [0.29, 0.717) is 30.0 Å². The second-order valence-corrected chi connectivity index (χ2v) is 7.73. The highest BCUT2D eigenvalue weighted by molar-refractivity contribution is 6.08. The van der Waals surface area contributed by atoms with Crippen LogP contribution in [0, 0.1) is 5.92 Å². The zero-order valence-electron chi connectivity index (χ0n) is 16.8. The van der Waals surface area contributed by atoms with Crippen molar-refractivity contribution in [3.63, 3.8) is 0 Å². The largest absolute Gasteiger partial charge is 0.460 e. The van der Waals surface area contributed by atoms with Crippen LogP contribution in [0.2, 0.25) is 0 Å². The van der Waals surface area contributed by atoms with Crippen molar-refractivity contribution >= 4 is 28.7 Å². The molecule has 1 saturated heterocycles. The van der Waals surface area contributed by atoms with Crippen LogP contribution in [0.25, 0.3) is 11.0 Å². The number of carbonyl (C=O) groups is 3. The SMILES string of the molecule is C=CCOC(=O)[C@@H]1C[C@H]2C[C@H]2N1C(=O)Cn1c(CC)c(C(C)=O)c2cccnc21. The molecule has 0 radical (unpaired) electrons. The van der Waals surface area contributed by atoms with Crippen LogP contribution in [-0.4, -0.2) is 50.8 Å². The van der Waals surface area contributed by atoms with Crippen molar-refractivity contribution in [1.29, 1.82) is 0 Å². The van der Waals surface area contributed by atoms with Gasteiger partial charge in [-0.05, 0) is 44.2 Å². The van der Waals surface area contributed by atoms with Gasteiger partial charge in [-0.2, -0.15) is 0 Å². The third-order valence-electron chi connectivity index (χ3n) is 5.91. The number of ketones is 1. The van der Waals surface area contributed by atoms with Crippen molar-refractivity contribution in [2.45, 2.75) is 51.7 Å². The Labute approximate surface area is 169 Å². The molecule has 1 aliphatic carbocycles. The standard InChI is InChI=1S/C22H25N3O4/c1-4-9-29-22(28)18-11-14-10-17(14)25(18)19(27)12-24-16(5-2)20(13(3)26)15-7-6-8-23-21(15)24/h4,6-8,14,17-18H,1,5,9-12H2,2-3H3/t14-,17-,18+/m1/s1. The summed E-state index contributed by atoms with van der Waals surface area (Å²) in [6.07, 6.45) is 5.37. The van der Waals surface area contributed by atoms with Gasteiger partial charge in [-0.3, -0.25) is 9.59 Å². The Kier molecular flexibility index (Phi) is 4.98. The van der Waals surface area contributed by atoms with Crippen LogP contribution in [0.5, 0.6) is 0 Å². The van der Waals surface area contributed by atoms with Gasteiger partial charge in [-0.15, -0.1) is 0 Å². The number of rotatable bonds is 7. The van der Waals surface area contributed by atoms with Gasteiger partial charge in [0.2, 0.25) is 5.91 Å². The molecule has 29 heavy (non-hydrogen) atoms. The lowest BCUT2D eigenvalue weighted by atomic mass is 10.1. The molecule has 0 unspecified atom stereocenters. The number of pyridine rings is 1. The fourth-order valence-electron chi connectivity index (χ4n) is 4.64. The van der Waals surface area contributed by atoms with Gasteiger partial charge in [-0.1, -0.05) is 19.6 Å². The van der Waals surface area contributed by atoms with E-state index in [1.807, 2.05) is 17.6 Å². The molecular formula is C22H25N3O4. The predicted octanol–water partition coefficient (Wildman–Crippen LogP) is 2.52. The Bertz CT molecular complexity index is 1010. The quantitative estimate of drug-likeness (QED) is 0.409. The molecule has 1 aliphatic heterocycles. The number of hydrogen-bond acceptors (Lipinski definition) is 5. The fraction of sp³-hybridized carbons (Fsp3) is 0.455. The molecule has 7 heteroatoms. The van der Waals surface area contributed by atoms with Crippen molar-refractivity contribution in [1.82, 2.24) is 14.5 Å². The Hall–Kier alpha value is -2.96. The van der Waals surface area contributed by atoms with E-state index in [0.717, 1.165) is 17.5 Å². The van der Waals surface area contributed by atoms with Gasteiger partial charge in [0.05, 0.1) is 0 Å². The summed E-state index contributed by atoms with van der Waals surface area (Å²) in [7, 11) is 0. The first-order valence-corrected chi connectivity index (χ1v) is 10.0. The summed E-state index contributed by atoms with van der Waals surface area (Å²) in [6.45, 7) is 7.25. The van der Waals surface area contributed by atoms with Crippen LogP contribution >= 0.6 is 0 Å². The van der Waals surface area contributed by atoms with E-state index >= 15 is 0 Å². The molecule has 4 rings (SSSR count). The topological polar surface area (TPSA) is 81.5 Å². The average Bonchev–Trinajstić information content (AvgIpc) is 3.25. The molecule has 0 spiro atoms. The Morgan fingerprint density at radius 1 is 1.34 bits per heavy atom. The maximum atomic E-state index is 13.3. The first-order chi connectivity index (χ1) is 14.0. The number of ether oxygens (including phenoxy) is 1. The van der Waals surface area contributed by atoms with E-state index in [1.165, 1.54) is 13.0 Å². The molecule has 3 heterocycles. The van der Waals surface area contributed by atoms with Crippen molar-refractivity contribution in [3.8, 4) is 0 Å². The maximum absolute atomic E-state index is 13.3. The summed E-state index contributed by atoms with van der Waals surface area (Å²) < 4.78 is 7.04. The molecule has 0 aromatic carbocycles. The Balaban J connectivity index is 1.66. The molecule has 2 aromatic heterocycles. The first kappa shape index (κ1) is 19.4. The van der Waals surface area contributed by atoms with Crippen LogP contribution in [0.3, 0.4) is 0 Å². The minimum absolute atomic E-state index is 0.0413. The first-order valence-electron chi connectivity index (χ1n) is 10.0. The number of likely N-dealkylation sites (tertiary alicyclic amines) is 1. The number of esters is 1. The van der Waals surface area contributed by atoms with Gasteiger partial charge < -0.3 is 14.2 Å². The van der Waals surface area contributed by atoms with Gasteiger partial charge in [0.15, 0.2) is 5.78 Å². The molecule has 7 nitrogen and oxygen atoms in total. The molecule has 1 amide bonds. The number of Topliss-reactive ketones (excluding diaryl/α,β-unsaturated/α-hetero) is 1. The van der Waals surface area contributed by atoms with E-state index in [1.54, 1.807) is 17.2 Å². The average molecular weight is 395 g/mol. The summed E-state index contributed by atoms with van der Waals surface area (Å²) in [5.74, 6) is -0.178. The molecule has 0 bridgehead atoms. The van der Waals surface area contributed by atoms with E-state index in [4.69, 9.17) is 4.74 Å². The summed E-state index contributed by atoms with van der Waals surface area (Å²) >= 11 is 0. The highest BCUT2D eigenvalue weighted by Crippen LogP contribution is 2.48. The highest BCUT2D eigenvalue weighted by atomic mass is 16.5. The van der Waals surface area contributed by atoms with Gasteiger partial charge >= 0.3 is 5.97 Å². The predicted molar refractivity (Wildman–Crippen MR) is 107 cm³/mol. The minimum Gasteiger partial charge on any atom is -0.460 e. The summed E-state index contributed by atoms with van der Waals surface area (Å²) in [6, 6.07) is 3.22. The Morgan fingerprint density at radius 2 is 2.14 bits per heavy atom. The molecule has 2 aromatic rings. The lowest BCUT2D eigenvalue weighted by Crippen LogP contribution is -2.45. The van der Waals surface area contributed by atoms with Gasteiger partial charge in [-0.25, -0.2) is 9.78 Å². The van der Waals surface area contributed by atoms with Crippen LogP contribution in [0.4, 0.5) is 0 Å². The lowest BCUT2D eigenvalue weighted by molar-refractivity contribution is -0.153. The van der Waals surface area contributed by atoms with E-state index < -0.39 is 6.04 Å². The zero-order chi connectivity index (χ0) is 20.7. The monoisotopic (exact) mass is 395 g/mol. The molecule has 3 atom stereocenters. The number of nitrogens with zero attached hydrogens (tertiary/aromatic N) is 3. The second kappa shape index (κ2) is 7.46. The Morgan fingerprint density at radius 3 is 2.83 bits per heavy atom. The molecule has 0 N–H and O–H groups in total. The van der Waals surface area contributed by atoms with Crippen molar-refractivity contribution in [2.24, 2.45) is 5.92 Å². The molecular weight excluding hydrogens is 370 g/mol. The third-order valence-corrected chi connectivity index (χ3v) is 5.91. The molecule has 2 fully saturated rings. The highest BCUT2D eigenvalue weighted by Gasteiger charge is 2.56. The number of carbonyl (C=O) groups excluding carboxylic acids is 3. The lowest BCUT2D eigenvalue weighted by Gasteiger charge is -2.26. The van der Waals surface area contributed by atoms with Crippen molar-refractivity contribution < 1.29 is 19.1 Å². The van der Waals surface area contributed by atoms with Crippen LogP contribution in [-0.2, 0) is 27.3 Å². The molecule has 1 saturated carbocycles. The summed E-state index contributed by atoms with van der Waals surface area (Å²) in [5, 5.41) is 0.761. The van der Waals surface area contributed by atoms with Crippen molar-refractivity contribution in [2.75, 3.05) is 6.61 Å². The maximum Gasteiger partial charge on any atom is 0.329 e. The second-order valence-electron chi connectivity index (χ2n) is 7.73. The van der Waals surface area contributed by atoms with Gasteiger partial charge in [0.25, 0.3) is 0 Å². The number of fused-ring (bicyclic) bond motifs is 2. The van der Waals surface area contributed by atoms with Gasteiger partial charge in [0.1, 0.15) is 24.8 Å². The minimum atomic E-state index is -0.543. The molecule has 152 valence electrons. The number of piperidine rings is 1. The smallest absolute Gasteiger partial charge is 0.329 e. The molecule has 2 aliphatic rings. The van der Waals surface area contributed by atoms with Crippen LogP contribution < -0.4 is 0 Å². The number of aromatic nitrogens is 2. The summed E-state index contributed by atoms with van der Waals surface area (Å²) in [5.41, 5.74) is 2.05. The van der Waals surface area contributed by atoms with E-state index in [-0.39, 0.29) is 36.9 Å². The van der Waals surface area contributed by atoms with E-state index in [2.05, 4.69) is 11.6 Å². The number of hydrogen-bond donors (Lipinski definition) is 0. The third kappa shape index (κ3) is 3.24. The van der Waals surface area contributed by atoms with Crippen molar-refractivity contribution in [3.05, 3.63) is 42.2 Å². The summed E-state index contributed by atoms with van der Waals surface area (Å²) in [4.78, 5) is 44.1. The zero-order valence-corrected chi connectivity index (χ0v) is 16.8. The van der Waals surface area contributed by atoms with Crippen LogP contribution in [0.15, 0.2) is 31.0 Å². The van der Waals surface area contributed by atoms with E-state index in [9.17, 15) is 14.4 Å². The van der Waals surface area contributed by atoms with Crippen LogP contribution in [0.1, 0.15) is 42.7 Å². The van der Waals surface area contributed by atoms with Gasteiger partial charge in [0, 0.05) is 28.9 Å². The normalized spacial score (nSPS) is 22.4. The fourth-order valence-corrected chi connectivity index (χ4v) is 4.64.